The quantitative estimate of drug-likeness (QED) is 0.334. The van der Waals surface area contributed by atoms with Crippen LogP contribution in [0.1, 0.15) is 16.7 Å². The van der Waals surface area contributed by atoms with Crippen LogP contribution in [0.2, 0.25) is 10.2 Å². The van der Waals surface area contributed by atoms with Gasteiger partial charge in [0.15, 0.2) is 16.7 Å². The molecule has 3 aromatic rings. The maximum absolute atomic E-state index is 8.74. The van der Waals surface area contributed by atoms with Crippen LogP contribution in [-0.4, -0.2) is 54.2 Å². The maximum atomic E-state index is 8.74. The molecular formula is C23H23Cl2N7O2. The molecular weight excluding hydrogens is 477 g/mol. The van der Waals surface area contributed by atoms with Crippen LogP contribution in [0.15, 0.2) is 36.7 Å². The second kappa shape index (κ2) is 8.90. The molecule has 0 saturated carbocycles. The van der Waals surface area contributed by atoms with Crippen molar-refractivity contribution in [2.24, 2.45) is 5.41 Å². The third-order valence-electron chi connectivity index (χ3n) is 6.24. The van der Waals surface area contributed by atoms with Gasteiger partial charge in [0.1, 0.15) is 12.4 Å². The van der Waals surface area contributed by atoms with E-state index < -0.39 is 0 Å². The van der Waals surface area contributed by atoms with Crippen molar-refractivity contribution in [1.29, 1.82) is 5.41 Å². The molecule has 0 bridgehead atoms. The molecule has 4 heterocycles. The van der Waals surface area contributed by atoms with E-state index in [9.17, 15) is 0 Å². The molecule has 0 atom stereocenters. The van der Waals surface area contributed by atoms with Gasteiger partial charge in [-0.3, -0.25) is 5.41 Å². The topological polar surface area (TPSA) is 122 Å². The number of nitrogens with one attached hydrogen (secondary N) is 2. The molecule has 5 rings (SSSR count). The van der Waals surface area contributed by atoms with E-state index in [2.05, 4.69) is 25.4 Å². The Bertz CT molecular complexity index is 1220. The lowest BCUT2D eigenvalue weighted by Crippen LogP contribution is -2.71. The summed E-state index contributed by atoms with van der Waals surface area (Å²) in [6.07, 6.45) is 3.10. The van der Waals surface area contributed by atoms with Crippen molar-refractivity contribution in [3.05, 3.63) is 63.5 Å². The van der Waals surface area contributed by atoms with Crippen LogP contribution in [0.3, 0.4) is 0 Å². The van der Waals surface area contributed by atoms with Gasteiger partial charge in [0.2, 0.25) is 0 Å². The lowest BCUT2D eigenvalue weighted by molar-refractivity contribution is 0.120. The Kier molecular flexibility index (Phi) is 5.93. The Labute approximate surface area is 206 Å². The molecule has 1 aromatic carbocycles. The molecule has 2 saturated heterocycles. The molecule has 2 fully saturated rings. The predicted molar refractivity (Wildman–Crippen MR) is 131 cm³/mol. The smallest absolute Gasteiger partial charge is 0.162 e. The average molecular weight is 500 g/mol. The summed E-state index contributed by atoms with van der Waals surface area (Å²) >= 11 is 12.3. The fourth-order valence-electron chi connectivity index (χ4n) is 4.21. The van der Waals surface area contributed by atoms with Gasteiger partial charge in [0, 0.05) is 66.2 Å². The van der Waals surface area contributed by atoms with Crippen LogP contribution in [0.4, 0.5) is 11.5 Å². The van der Waals surface area contributed by atoms with E-state index in [1.54, 1.807) is 18.3 Å². The Morgan fingerprint density at radius 1 is 1.21 bits per heavy atom. The summed E-state index contributed by atoms with van der Waals surface area (Å²) in [6.45, 7) is 4.21. The second-order valence-corrected chi connectivity index (χ2v) is 9.35. The van der Waals surface area contributed by atoms with Crippen molar-refractivity contribution in [1.82, 2.24) is 20.5 Å². The largest absolute Gasteiger partial charge is 0.493 e. The van der Waals surface area contributed by atoms with Crippen LogP contribution >= 0.6 is 23.2 Å². The lowest BCUT2D eigenvalue weighted by atomic mass is 9.74. The maximum Gasteiger partial charge on any atom is 0.162 e. The van der Waals surface area contributed by atoms with Gasteiger partial charge in [-0.15, -0.1) is 5.10 Å². The number of nitrogen functional groups attached to an aromatic ring is 1. The van der Waals surface area contributed by atoms with Crippen molar-refractivity contribution in [3.8, 4) is 11.5 Å². The average Bonchev–Trinajstić information content (AvgIpc) is 2.77. The zero-order valence-electron chi connectivity index (χ0n) is 18.4. The minimum atomic E-state index is 0.0450. The molecule has 0 aliphatic carbocycles. The number of aromatic nitrogens is 3. The van der Waals surface area contributed by atoms with Gasteiger partial charge < -0.3 is 25.4 Å². The third-order valence-corrected chi connectivity index (χ3v) is 6.87. The summed E-state index contributed by atoms with van der Waals surface area (Å²) in [4.78, 5) is 6.83. The molecule has 1 spiro atoms. The molecule has 0 unspecified atom stereocenters. The van der Waals surface area contributed by atoms with Gasteiger partial charge >= 0.3 is 0 Å². The van der Waals surface area contributed by atoms with Crippen molar-refractivity contribution < 1.29 is 9.47 Å². The van der Waals surface area contributed by atoms with Crippen molar-refractivity contribution in [2.45, 2.75) is 6.61 Å². The Balaban J connectivity index is 1.35. The number of nitrogens with two attached hydrogens (primary N) is 1. The number of nitrogens with zero attached hydrogens (tertiary/aromatic N) is 4. The summed E-state index contributed by atoms with van der Waals surface area (Å²) in [5.74, 6) is 1.74. The highest BCUT2D eigenvalue weighted by atomic mass is 35.5. The molecule has 176 valence electrons. The first-order valence-electron chi connectivity index (χ1n) is 10.7. The van der Waals surface area contributed by atoms with Crippen molar-refractivity contribution in [2.75, 3.05) is 43.9 Å². The monoisotopic (exact) mass is 499 g/mol. The van der Waals surface area contributed by atoms with E-state index in [0.29, 0.717) is 44.3 Å². The van der Waals surface area contributed by atoms with Crippen LogP contribution in [0, 0.1) is 10.8 Å². The van der Waals surface area contributed by atoms with Crippen molar-refractivity contribution >= 4 is 40.4 Å². The van der Waals surface area contributed by atoms with E-state index in [1.807, 2.05) is 12.1 Å². The highest BCUT2D eigenvalue weighted by Gasteiger charge is 2.47. The van der Waals surface area contributed by atoms with Gasteiger partial charge in [-0.25, -0.2) is 4.98 Å². The third kappa shape index (κ3) is 4.11. The van der Waals surface area contributed by atoms with Crippen LogP contribution in [0.5, 0.6) is 11.5 Å². The number of hydrogen-bond acceptors (Lipinski definition) is 9. The predicted octanol–water partition coefficient (Wildman–Crippen LogP) is 3.17. The first-order valence-corrected chi connectivity index (χ1v) is 11.4. The van der Waals surface area contributed by atoms with Crippen LogP contribution in [0.25, 0.3) is 0 Å². The summed E-state index contributed by atoms with van der Waals surface area (Å²) in [5.41, 5.74) is 8.94. The SMILES string of the molecule is COc1cc(N)c(C(=N)c2ccc(N3CC4(CNC4)C3)nc2)cc1OCc1c(Cl)cnnc1Cl. The molecule has 34 heavy (non-hydrogen) atoms. The van der Waals surface area contributed by atoms with Crippen molar-refractivity contribution in [3.63, 3.8) is 0 Å². The molecule has 2 aliphatic rings. The summed E-state index contributed by atoms with van der Waals surface area (Å²) in [7, 11) is 1.52. The van der Waals surface area contributed by atoms with Gasteiger partial charge in [0.25, 0.3) is 0 Å². The minimum Gasteiger partial charge on any atom is -0.493 e. The van der Waals surface area contributed by atoms with Gasteiger partial charge in [0.05, 0.1) is 24.0 Å². The Hall–Kier alpha value is -3.14. The summed E-state index contributed by atoms with van der Waals surface area (Å²) in [6, 6.07) is 7.13. The number of anilines is 2. The van der Waals surface area contributed by atoms with Gasteiger partial charge in [-0.2, -0.15) is 5.10 Å². The van der Waals surface area contributed by atoms with Crippen LogP contribution in [-0.2, 0) is 6.61 Å². The first kappa shape index (κ1) is 22.6. The Morgan fingerprint density at radius 2 is 2.00 bits per heavy atom. The summed E-state index contributed by atoms with van der Waals surface area (Å²) in [5, 5.41) is 20.1. The van der Waals surface area contributed by atoms with Gasteiger partial charge in [-0.05, 0) is 18.2 Å². The first-order chi connectivity index (χ1) is 16.4. The van der Waals surface area contributed by atoms with Gasteiger partial charge in [-0.1, -0.05) is 23.2 Å². The molecule has 0 radical (unpaired) electrons. The van der Waals surface area contributed by atoms with E-state index >= 15 is 0 Å². The van der Waals surface area contributed by atoms with Crippen LogP contribution < -0.4 is 25.4 Å². The number of ether oxygens (including phenoxy) is 2. The molecule has 11 heteroatoms. The second-order valence-electron chi connectivity index (χ2n) is 8.58. The minimum absolute atomic E-state index is 0.0450. The highest BCUT2D eigenvalue weighted by Crippen LogP contribution is 2.37. The zero-order chi connectivity index (χ0) is 23.9. The molecule has 2 aromatic heterocycles. The molecule has 4 N–H and O–H groups in total. The van der Waals surface area contributed by atoms with E-state index in [0.717, 1.165) is 32.0 Å². The number of methoxy groups -OCH3 is 1. The lowest BCUT2D eigenvalue weighted by Gasteiger charge is -2.56. The van der Waals surface area contributed by atoms with E-state index in [1.165, 1.54) is 13.3 Å². The fraction of sp³-hybridized carbons (Fsp3) is 0.304. The standard InChI is InChI=1S/C23H23Cl2N7O2/c1-33-18-5-17(26)14(4-19(18)34-8-15-16(24)7-30-31-22(15)25)21(27)13-2-3-20(29-6-13)32-11-23(12-32)9-28-10-23/h2-7,27-28H,8-12,26H2,1H3. The zero-order valence-corrected chi connectivity index (χ0v) is 20.0. The van der Waals surface area contributed by atoms with E-state index in [-0.39, 0.29) is 17.5 Å². The molecule has 9 nitrogen and oxygen atoms in total. The number of hydrogen-bond donors (Lipinski definition) is 3. The Morgan fingerprint density at radius 3 is 2.62 bits per heavy atom. The number of benzene rings is 1. The molecule has 2 aliphatic heterocycles. The fourth-order valence-corrected chi connectivity index (χ4v) is 4.65. The highest BCUT2D eigenvalue weighted by molar-refractivity contribution is 6.35. The van der Waals surface area contributed by atoms with E-state index in [4.69, 9.17) is 43.8 Å². The number of rotatable bonds is 7. The normalized spacial score (nSPS) is 16.0. The summed E-state index contributed by atoms with van der Waals surface area (Å²) < 4.78 is 11.3. The number of pyridine rings is 1. The number of halogens is 2. The molecule has 0 amide bonds.